The molecule has 2 N–H and O–H groups in total. The minimum atomic E-state index is -0.0567. The summed E-state index contributed by atoms with van der Waals surface area (Å²) in [6.07, 6.45) is 5.56. The van der Waals surface area contributed by atoms with Crippen molar-refractivity contribution in [3.63, 3.8) is 0 Å². The molecule has 2 fully saturated rings. The summed E-state index contributed by atoms with van der Waals surface area (Å²) in [6, 6.07) is 0.501. The van der Waals surface area contributed by atoms with Gasteiger partial charge >= 0.3 is 0 Å². The number of nitrogens with one attached hydrogen (secondary N) is 2. The highest BCUT2D eigenvalue weighted by molar-refractivity contribution is 8.12. The molecule has 1 saturated heterocycles. The summed E-state index contributed by atoms with van der Waals surface area (Å²) >= 11 is 1.86. The number of carbonyl (C=O) groups excluding carboxylic acids is 1. The van der Waals surface area contributed by atoms with Gasteiger partial charge in [-0.1, -0.05) is 13.8 Å². The van der Waals surface area contributed by atoms with E-state index >= 15 is 0 Å². The van der Waals surface area contributed by atoms with Gasteiger partial charge in [0, 0.05) is 23.6 Å². The van der Waals surface area contributed by atoms with Crippen molar-refractivity contribution in [1.29, 1.82) is 0 Å². The van der Waals surface area contributed by atoms with Gasteiger partial charge in [0.25, 0.3) is 0 Å². The summed E-state index contributed by atoms with van der Waals surface area (Å²) in [5.74, 6) is 1.08. The van der Waals surface area contributed by atoms with Crippen LogP contribution in [0.1, 0.15) is 46.0 Å². The second kappa shape index (κ2) is 7.99. The van der Waals surface area contributed by atoms with E-state index in [0.717, 1.165) is 13.0 Å². The SMILES string of the molecule is CC(C)CC(=O)NCC1NC2CCCC(O1)C(C1CN=CS1)C2. The van der Waals surface area contributed by atoms with E-state index in [4.69, 9.17) is 4.74 Å². The Morgan fingerprint density at radius 3 is 3.09 bits per heavy atom. The summed E-state index contributed by atoms with van der Waals surface area (Å²) in [5.41, 5.74) is 2.00. The summed E-state index contributed by atoms with van der Waals surface area (Å²) in [4.78, 5) is 16.3. The number of thioether (sulfide) groups is 1. The largest absolute Gasteiger partial charge is 0.358 e. The van der Waals surface area contributed by atoms with E-state index in [-0.39, 0.29) is 12.1 Å². The van der Waals surface area contributed by atoms with Gasteiger partial charge in [-0.15, -0.1) is 11.8 Å². The van der Waals surface area contributed by atoms with Gasteiger partial charge in [-0.05, 0) is 31.6 Å². The lowest BCUT2D eigenvalue weighted by Gasteiger charge is -2.30. The first-order chi connectivity index (χ1) is 11.1. The molecule has 3 aliphatic rings. The summed E-state index contributed by atoms with van der Waals surface area (Å²) in [7, 11) is 0. The quantitative estimate of drug-likeness (QED) is 0.806. The molecule has 0 spiro atoms. The fourth-order valence-corrected chi connectivity index (χ4v) is 4.90. The van der Waals surface area contributed by atoms with Crippen molar-refractivity contribution < 1.29 is 9.53 Å². The Labute approximate surface area is 143 Å². The van der Waals surface area contributed by atoms with Gasteiger partial charge in [0.15, 0.2) is 0 Å². The first-order valence-electron chi connectivity index (χ1n) is 8.93. The van der Waals surface area contributed by atoms with Gasteiger partial charge in [0.2, 0.25) is 5.91 Å². The Morgan fingerprint density at radius 1 is 1.48 bits per heavy atom. The zero-order valence-corrected chi connectivity index (χ0v) is 15.0. The zero-order chi connectivity index (χ0) is 16.2. The Balaban J connectivity index is 1.57. The molecule has 1 amide bonds. The summed E-state index contributed by atoms with van der Waals surface area (Å²) in [5, 5.41) is 7.22. The Bertz CT molecular complexity index is 436. The lowest BCUT2D eigenvalue weighted by Crippen LogP contribution is -2.47. The number of nitrogens with zero attached hydrogens (tertiary/aromatic N) is 1. The van der Waals surface area contributed by atoms with Crippen LogP contribution in [-0.4, -0.2) is 48.2 Å². The van der Waals surface area contributed by atoms with Gasteiger partial charge in [-0.25, -0.2) is 0 Å². The zero-order valence-electron chi connectivity index (χ0n) is 14.2. The van der Waals surface area contributed by atoms with Crippen LogP contribution < -0.4 is 10.6 Å². The standard InChI is InChI=1S/C17H29N3O2S/c1-11(2)6-16(21)19-9-17-20-12-4-3-5-14(22-17)13(7-12)15-8-18-10-23-15/h10-15,17,20H,3-9H2,1-2H3,(H,19,21). The topological polar surface area (TPSA) is 62.7 Å². The minimum absolute atomic E-state index is 0.0567. The molecule has 5 nitrogen and oxygen atoms in total. The maximum atomic E-state index is 11.9. The molecular formula is C17H29N3O2S. The van der Waals surface area contributed by atoms with Crippen molar-refractivity contribution >= 4 is 23.2 Å². The van der Waals surface area contributed by atoms with Gasteiger partial charge < -0.3 is 10.1 Å². The van der Waals surface area contributed by atoms with E-state index < -0.39 is 0 Å². The maximum absolute atomic E-state index is 11.9. The van der Waals surface area contributed by atoms with E-state index in [0.29, 0.717) is 42.2 Å². The second-order valence-corrected chi connectivity index (χ2v) is 8.49. The van der Waals surface area contributed by atoms with Crippen LogP contribution in [-0.2, 0) is 9.53 Å². The Hall–Kier alpha value is -0.590. The molecule has 0 aromatic carbocycles. The predicted octanol–water partition coefficient (Wildman–Crippen LogP) is 2.17. The van der Waals surface area contributed by atoms with Crippen molar-refractivity contribution in [3.05, 3.63) is 0 Å². The van der Waals surface area contributed by atoms with Crippen LogP contribution in [0.3, 0.4) is 0 Å². The number of ether oxygens (including phenoxy) is 1. The average molecular weight is 340 g/mol. The molecule has 1 aliphatic carbocycles. The van der Waals surface area contributed by atoms with Gasteiger partial charge in [-0.3, -0.25) is 15.1 Å². The maximum Gasteiger partial charge on any atom is 0.220 e. The van der Waals surface area contributed by atoms with Crippen molar-refractivity contribution in [1.82, 2.24) is 10.6 Å². The average Bonchev–Trinajstić information content (AvgIpc) is 2.85. The number of amides is 1. The third-order valence-corrected chi connectivity index (χ3v) is 6.11. The van der Waals surface area contributed by atoms with E-state index in [2.05, 4.69) is 29.5 Å². The number of carbonyl (C=O) groups is 1. The molecule has 2 bridgehead atoms. The number of aliphatic imine (C=N–C) groups is 1. The molecule has 130 valence electrons. The van der Waals surface area contributed by atoms with Gasteiger partial charge in [0.05, 0.1) is 24.7 Å². The second-order valence-electron chi connectivity index (χ2n) is 7.40. The Kier molecular flexibility index (Phi) is 5.99. The highest BCUT2D eigenvalue weighted by Gasteiger charge is 2.40. The normalized spacial score (nSPS) is 36.9. The molecule has 2 aliphatic heterocycles. The van der Waals surface area contributed by atoms with Crippen molar-refractivity contribution in [3.8, 4) is 0 Å². The third-order valence-electron chi connectivity index (χ3n) is 4.99. The first kappa shape index (κ1) is 17.2. The summed E-state index contributed by atoms with van der Waals surface area (Å²) < 4.78 is 6.37. The third kappa shape index (κ3) is 4.70. The molecule has 6 heteroatoms. The van der Waals surface area contributed by atoms with Crippen LogP contribution in [0, 0.1) is 11.8 Å². The van der Waals surface area contributed by atoms with E-state index in [1.54, 1.807) is 0 Å². The molecule has 0 radical (unpaired) electrons. The summed E-state index contributed by atoms with van der Waals surface area (Å²) in [6.45, 7) is 5.63. The van der Waals surface area contributed by atoms with Crippen LogP contribution >= 0.6 is 11.8 Å². The fraction of sp³-hybridized carbons (Fsp3) is 0.882. The van der Waals surface area contributed by atoms with Crippen LogP contribution in [0.15, 0.2) is 4.99 Å². The molecule has 1 saturated carbocycles. The molecule has 23 heavy (non-hydrogen) atoms. The van der Waals surface area contributed by atoms with E-state index in [1.165, 1.54) is 19.3 Å². The Morgan fingerprint density at radius 2 is 2.35 bits per heavy atom. The van der Waals surface area contributed by atoms with Gasteiger partial charge in [0.1, 0.15) is 6.23 Å². The molecule has 2 heterocycles. The van der Waals surface area contributed by atoms with Crippen LogP contribution in [0.25, 0.3) is 0 Å². The fourth-order valence-electron chi connectivity index (χ4n) is 3.91. The number of hydrogen-bond acceptors (Lipinski definition) is 5. The highest BCUT2D eigenvalue weighted by Crippen LogP contribution is 2.37. The smallest absolute Gasteiger partial charge is 0.220 e. The van der Waals surface area contributed by atoms with Crippen LogP contribution in [0.4, 0.5) is 0 Å². The molecule has 5 atom stereocenters. The van der Waals surface area contributed by atoms with E-state index in [1.807, 2.05) is 17.3 Å². The van der Waals surface area contributed by atoms with Gasteiger partial charge in [-0.2, -0.15) is 0 Å². The minimum Gasteiger partial charge on any atom is -0.358 e. The molecule has 5 unspecified atom stereocenters. The lowest BCUT2D eigenvalue weighted by atomic mass is 9.92. The van der Waals surface area contributed by atoms with Crippen molar-refractivity contribution in [2.45, 2.75) is 69.6 Å². The molecular weight excluding hydrogens is 310 g/mol. The van der Waals surface area contributed by atoms with Crippen LogP contribution in [0.5, 0.6) is 0 Å². The van der Waals surface area contributed by atoms with Crippen molar-refractivity contribution in [2.24, 2.45) is 16.8 Å². The molecule has 0 aromatic heterocycles. The molecule has 0 aromatic rings. The lowest BCUT2D eigenvalue weighted by molar-refractivity contribution is -0.123. The number of hydrogen-bond donors (Lipinski definition) is 2. The van der Waals surface area contributed by atoms with Crippen LogP contribution in [0.2, 0.25) is 0 Å². The highest BCUT2D eigenvalue weighted by atomic mass is 32.2. The molecule has 3 rings (SSSR count). The monoisotopic (exact) mass is 339 g/mol. The van der Waals surface area contributed by atoms with E-state index in [9.17, 15) is 4.79 Å². The predicted molar refractivity (Wildman–Crippen MR) is 94.7 cm³/mol. The van der Waals surface area contributed by atoms with Crippen molar-refractivity contribution in [2.75, 3.05) is 13.1 Å². The number of rotatable bonds is 5. The number of fused-ring (bicyclic) bond motifs is 3. The first-order valence-corrected chi connectivity index (χ1v) is 9.88.